The number of amides is 1. The van der Waals surface area contributed by atoms with Gasteiger partial charge in [-0.25, -0.2) is 0 Å². The molecule has 1 atom stereocenters. The van der Waals surface area contributed by atoms with Crippen LogP contribution in [0.3, 0.4) is 0 Å². The van der Waals surface area contributed by atoms with E-state index in [2.05, 4.69) is 5.32 Å². The number of carbonyl (C=O) groups is 1. The van der Waals surface area contributed by atoms with Crippen molar-refractivity contribution in [3.05, 3.63) is 51.3 Å². The fourth-order valence-corrected chi connectivity index (χ4v) is 2.71. The summed E-state index contributed by atoms with van der Waals surface area (Å²) in [5, 5.41) is 12.5. The standard InChI is InChI=1S/C15H12ClF3N2O4/c16-13-12(9(15(17,18)19)3-4-21(13)23)14(22)20-6-8-1-2-10-11(5-8)25-7-24-10/h1-3,5,21H,4,6-7H2,(H,20,22). The van der Waals surface area contributed by atoms with Gasteiger partial charge in [0.15, 0.2) is 11.5 Å². The Morgan fingerprint density at radius 3 is 2.76 bits per heavy atom. The van der Waals surface area contributed by atoms with Gasteiger partial charge in [0, 0.05) is 6.54 Å². The monoisotopic (exact) mass is 376 g/mol. The van der Waals surface area contributed by atoms with E-state index in [4.69, 9.17) is 21.1 Å². The zero-order valence-corrected chi connectivity index (χ0v) is 13.3. The highest BCUT2D eigenvalue weighted by atomic mass is 35.5. The first-order valence-corrected chi connectivity index (χ1v) is 7.52. The van der Waals surface area contributed by atoms with Gasteiger partial charge in [0.25, 0.3) is 5.91 Å². The third kappa shape index (κ3) is 3.58. The predicted molar refractivity (Wildman–Crippen MR) is 80.6 cm³/mol. The van der Waals surface area contributed by atoms with Gasteiger partial charge < -0.3 is 25.1 Å². The number of rotatable bonds is 3. The molecule has 0 spiro atoms. The lowest BCUT2D eigenvalue weighted by atomic mass is 10.0. The minimum atomic E-state index is -4.79. The van der Waals surface area contributed by atoms with Crippen molar-refractivity contribution in [3.63, 3.8) is 0 Å². The summed E-state index contributed by atoms with van der Waals surface area (Å²) in [6, 6.07) is 4.86. The first-order valence-electron chi connectivity index (χ1n) is 7.15. The summed E-state index contributed by atoms with van der Waals surface area (Å²) in [6.45, 7) is -0.482. The molecule has 1 aromatic rings. The molecular weight excluding hydrogens is 365 g/mol. The highest BCUT2D eigenvalue weighted by molar-refractivity contribution is 6.31. The molecule has 134 valence electrons. The molecule has 0 fully saturated rings. The number of carbonyl (C=O) groups excluding carboxylic acids is 1. The largest absolute Gasteiger partial charge is 0.628 e. The quantitative estimate of drug-likeness (QED) is 0.617. The maximum Gasteiger partial charge on any atom is 0.417 e. The van der Waals surface area contributed by atoms with Crippen molar-refractivity contribution in [1.82, 2.24) is 5.32 Å². The van der Waals surface area contributed by atoms with Crippen LogP contribution in [0.5, 0.6) is 11.5 Å². The number of hydrogen-bond acceptors (Lipinski definition) is 4. The molecule has 2 N–H and O–H groups in total. The van der Waals surface area contributed by atoms with Crippen LogP contribution in [-0.2, 0) is 11.3 Å². The molecule has 1 amide bonds. The first-order chi connectivity index (χ1) is 11.8. The molecule has 10 heteroatoms. The first kappa shape index (κ1) is 17.6. The van der Waals surface area contributed by atoms with Crippen molar-refractivity contribution in [2.75, 3.05) is 13.3 Å². The Labute approximate surface area is 145 Å². The summed E-state index contributed by atoms with van der Waals surface area (Å²) < 4.78 is 49.6. The molecule has 0 radical (unpaired) electrons. The SMILES string of the molecule is O=C(NCc1ccc2c(c1)OCO2)C1=C(Cl)[NH+]([O-])CC=C1C(F)(F)F. The fourth-order valence-electron chi connectivity index (χ4n) is 2.45. The predicted octanol–water partition coefficient (Wildman–Crippen LogP) is 1.37. The van der Waals surface area contributed by atoms with E-state index in [1.807, 2.05) is 0 Å². The molecule has 2 aliphatic heterocycles. The zero-order valence-electron chi connectivity index (χ0n) is 12.6. The molecule has 1 aromatic carbocycles. The van der Waals surface area contributed by atoms with Crippen molar-refractivity contribution in [1.29, 1.82) is 0 Å². The summed E-state index contributed by atoms with van der Waals surface area (Å²) in [6.07, 6.45) is -4.12. The van der Waals surface area contributed by atoms with Crippen LogP contribution >= 0.6 is 11.6 Å². The number of fused-ring (bicyclic) bond motifs is 1. The zero-order chi connectivity index (χ0) is 18.2. The van der Waals surface area contributed by atoms with Gasteiger partial charge in [0.1, 0.15) is 12.1 Å². The van der Waals surface area contributed by atoms with Crippen molar-refractivity contribution in [2.24, 2.45) is 0 Å². The topological polar surface area (TPSA) is 75.1 Å². The van der Waals surface area contributed by atoms with E-state index in [0.29, 0.717) is 23.1 Å². The molecule has 0 bridgehead atoms. The number of quaternary nitrogens is 1. The lowest BCUT2D eigenvalue weighted by Gasteiger charge is -2.27. The molecule has 25 heavy (non-hydrogen) atoms. The van der Waals surface area contributed by atoms with Crippen molar-refractivity contribution in [2.45, 2.75) is 12.7 Å². The molecule has 0 aliphatic carbocycles. The average Bonchev–Trinajstić information content (AvgIpc) is 3.01. The fraction of sp³-hybridized carbons (Fsp3) is 0.267. The minimum Gasteiger partial charge on any atom is -0.628 e. The number of halogens is 4. The number of hydrogen-bond donors (Lipinski definition) is 2. The number of benzene rings is 1. The van der Waals surface area contributed by atoms with Gasteiger partial charge in [0.05, 0.1) is 5.57 Å². The van der Waals surface area contributed by atoms with Gasteiger partial charge in [0.2, 0.25) is 11.9 Å². The van der Waals surface area contributed by atoms with Crippen LogP contribution in [0.25, 0.3) is 0 Å². The van der Waals surface area contributed by atoms with Crippen LogP contribution in [0.2, 0.25) is 0 Å². The summed E-state index contributed by atoms with van der Waals surface area (Å²) >= 11 is 5.68. The van der Waals surface area contributed by atoms with E-state index in [-0.39, 0.29) is 13.3 Å². The van der Waals surface area contributed by atoms with Gasteiger partial charge in [-0.3, -0.25) is 4.79 Å². The van der Waals surface area contributed by atoms with Crippen LogP contribution in [0.4, 0.5) is 13.2 Å². The summed E-state index contributed by atoms with van der Waals surface area (Å²) in [5.41, 5.74) is -1.47. The lowest BCUT2D eigenvalue weighted by Crippen LogP contribution is -3.05. The molecule has 3 rings (SSSR count). The van der Waals surface area contributed by atoms with Crippen LogP contribution in [0.15, 0.2) is 40.6 Å². The van der Waals surface area contributed by atoms with Crippen LogP contribution in [-0.4, -0.2) is 25.4 Å². The highest BCUT2D eigenvalue weighted by Crippen LogP contribution is 2.34. The van der Waals surface area contributed by atoms with Gasteiger partial charge >= 0.3 is 6.18 Å². The van der Waals surface area contributed by atoms with Crippen LogP contribution in [0.1, 0.15) is 5.56 Å². The maximum atomic E-state index is 13.1. The number of hydroxylamine groups is 2. The van der Waals surface area contributed by atoms with E-state index >= 15 is 0 Å². The summed E-state index contributed by atoms with van der Waals surface area (Å²) in [4.78, 5) is 12.2. The molecule has 2 aliphatic rings. The highest BCUT2D eigenvalue weighted by Gasteiger charge is 2.43. The van der Waals surface area contributed by atoms with E-state index in [9.17, 15) is 23.2 Å². The smallest absolute Gasteiger partial charge is 0.417 e. The Hall–Kier alpha value is -2.23. The lowest BCUT2D eigenvalue weighted by molar-refractivity contribution is -0.792. The molecule has 0 saturated carbocycles. The molecule has 2 heterocycles. The van der Waals surface area contributed by atoms with Crippen molar-refractivity contribution >= 4 is 17.5 Å². The molecular formula is C15H12ClF3N2O4. The van der Waals surface area contributed by atoms with Crippen molar-refractivity contribution in [3.8, 4) is 11.5 Å². The summed E-state index contributed by atoms with van der Waals surface area (Å²) in [7, 11) is 0. The Kier molecular flexibility index (Phi) is 4.63. The Morgan fingerprint density at radius 2 is 2.04 bits per heavy atom. The Balaban J connectivity index is 1.77. The van der Waals surface area contributed by atoms with Crippen LogP contribution < -0.4 is 19.9 Å². The Morgan fingerprint density at radius 1 is 1.32 bits per heavy atom. The van der Waals surface area contributed by atoms with Gasteiger partial charge in [-0.15, -0.1) is 0 Å². The van der Waals surface area contributed by atoms with Gasteiger partial charge in [-0.1, -0.05) is 6.07 Å². The Bertz CT molecular complexity index is 777. The minimum absolute atomic E-state index is 0.0670. The molecule has 6 nitrogen and oxygen atoms in total. The van der Waals surface area contributed by atoms with E-state index < -0.39 is 40.0 Å². The molecule has 0 aromatic heterocycles. The van der Waals surface area contributed by atoms with Gasteiger partial charge in [-0.05, 0) is 35.4 Å². The second-order valence-corrected chi connectivity index (χ2v) is 5.68. The normalized spacial score (nSPS) is 19.7. The number of alkyl halides is 3. The van der Waals surface area contributed by atoms with Gasteiger partial charge in [-0.2, -0.15) is 13.2 Å². The molecule has 0 saturated heterocycles. The molecule has 1 unspecified atom stereocenters. The summed E-state index contributed by atoms with van der Waals surface area (Å²) in [5.74, 6) is -0.0481. The maximum absolute atomic E-state index is 13.1. The third-order valence-corrected chi connectivity index (χ3v) is 4.05. The second kappa shape index (κ2) is 6.58. The van der Waals surface area contributed by atoms with E-state index in [0.717, 1.165) is 0 Å². The third-order valence-electron chi connectivity index (χ3n) is 3.65. The van der Waals surface area contributed by atoms with E-state index in [1.165, 1.54) is 0 Å². The van der Waals surface area contributed by atoms with Crippen molar-refractivity contribution < 1.29 is 32.5 Å². The second-order valence-electron chi connectivity index (χ2n) is 5.30. The number of nitrogens with one attached hydrogen (secondary N) is 2. The average molecular weight is 377 g/mol. The van der Waals surface area contributed by atoms with Crippen LogP contribution in [0, 0.1) is 5.21 Å². The number of ether oxygens (including phenoxy) is 2. The van der Waals surface area contributed by atoms with E-state index in [1.54, 1.807) is 18.2 Å².